The smallest absolute Gasteiger partial charge is 0.252 e. The monoisotopic (exact) mass is 337 g/mol. The Bertz CT molecular complexity index is 800. The molecule has 0 radical (unpaired) electrons. The number of benzene rings is 2. The quantitative estimate of drug-likeness (QED) is 0.913. The van der Waals surface area contributed by atoms with Gasteiger partial charge >= 0.3 is 0 Å². The number of carbonyl (C=O) groups excluding carboxylic acids is 1. The molecule has 0 aliphatic carbocycles. The Morgan fingerprint density at radius 1 is 1.24 bits per heavy atom. The summed E-state index contributed by atoms with van der Waals surface area (Å²) in [5.74, 6) is -0.0537. The van der Waals surface area contributed by atoms with Crippen LogP contribution in [0.4, 0.5) is 4.39 Å². The number of hydrogen-bond acceptors (Lipinski definition) is 3. The molecule has 5 heteroatoms. The van der Waals surface area contributed by atoms with Gasteiger partial charge in [-0.1, -0.05) is 30.3 Å². The largest absolute Gasteiger partial charge is 0.352 e. The van der Waals surface area contributed by atoms with Gasteiger partial charge in [0.15, 0.2) is 0 Å². The zero-order valence-corrected chi connectivity index (χ0v) is 13.9. The highest BCUT2D eigenvalue weighted by molar-refractivity contribution is 5.96. The molecule has 1 heterocycles. The molecule has 1 fully saturated rings. The molecule has 1 N–H and O–H groups in total. The SMILES string of the molecule is N#Cc1ccccc1C(=O)NC[C@H]1CCN(Cc2ccccc2F)C1. The van der Waals surface area contributed by atoms with Crippen molar-refractivity contribution >= 4 is 5.91 Å². The number of rotatable bonds is 5. The Kier molecular flexibility index (Phi) is 5.42. The summed E-state index contributed by atoms with van der Waals surface area (Å²) in [5, 5.41) is 12.0. The van der Waals surface area contributed by atoms with Gasteiger partial charge in [-0.2, -0.15) is 5.26 Å². The van der Waals surface area contributed by atoms with Crippen LogP contribution in [-0.2, 0) is 6.54 Å². The molecule has 0 spiro atoms. The normalized spacial score (nSPS) is 17.2. The standard InChI is InChI=1S/C20H20FN3O/c21-19-8-4-2-6-17(19)14-24-10-9-15(13-24)12-23-20(25)18-7-3-1-5-16(18)11-22/h1-8,15H,9-10,12-14H2,(H,23,25)/t15-/m1/s1. The van der Waals surface area contributed by atoms with Crippen molar-refractivity contribution in [1.82, 2.24) is 10.2 Å². The van der Waals surface area contributed by atoms with E-state index >= 15 is 0 Å². The van der Waals surface area contributed by atoms with Gasteiger partial charge in [0.2, 0.25) is 0 Å². The van der Waals surface area contributed by atoms with Crippen LogP contribution in [0.3, 0.4) is 0 Å². The second-order valence-corrected chi connectivity index (χ2v) is 6.35. The Morgan fingerprint density at radius 3 is 2.80 bits per heavy atom. The van der Waals surface area contributed by atoms with Crippen molar-refractivity contribution in [2.45, 2.75) is 13.0 Å². The van der Waals surface area contributed by atoms with E-state index in [-0.39, 0.29) is 11.7 Å². The zero-order chi connectivity index (χ0) is 17.6. The molecule has 0 aromatic heterocycles. The van der Waals surface area contributed by atoms with Gasteiger partial charge in [0.25, 0.3) is 5.91 Å². The fraction of sp³-hybridized carbons (Fsp3) is 0.300. The average Bonchev–Trinajstić information content (AvgIpc) is 3.09. The second-order valence-electron chi connectivity index (χ2n) is 6.35. The fourth-order valence-electron chi connectivity index (χ4n) is 3.20. The first kappa shape index (κ1) is 17.1. The zero-order valence-electron chi connectivity index (χ0n) is 13.9. The lowest BCUT2D eigenvalue weighted by Gasteiger charge is -2.17. The van der Waals surface area contributed by atoms with E-state index in [2.05, 4.69) is 10.2 Å². The minimum absolute atomic E-state index is 0.174. The summed E-state index contributed by atoms with van der Waals surface area (Å²) in [6.07, 6.45) is 0.967. The van der Waals surface area contributed by atoms with E-state index in [1.807, 2.05) is 18.2 Å². The molecular formula is C20H20FN3O. The summed E-state index contributed by atoms with van der Waals surface area (Å²) in [7, 11) is 0. The lowest BCUT2D eigenvalue weighted by molar-refractivity contribution is 0.0947. The topological polar surface area (TPSA) is 56.1 Å². The Hall–Kier alpha value is -2.71. The molecule has 2 aromatic rings. The van der Waals surface area contributed by atoms with Crippen molar-refractivity contribution in [1.29, 1.82) is 5.26 Å². The molecule has 4 nitrogen and oxygen atoms in total. The van der Waals surface area contributed by atoms with Gasteiger partial charge in [-0.25, -0.2) is 4.39 Å². The van der Waals surface area contributed by atoms with Crippen LogP contribution in [0.1, 0.15) is 27.9 Å². The molecule has 2 aromatic carbocycles. The van der Waals surface area contributed by atoms with Crippen molar-refractivity contribution in [2.24, 2.45) is 5.92 Å². The maximum Gasteiger partial charge on any atom is 0.252 e. The molecule has 1 atom stereocenters. The number of likely N-dealkylation sites (tertiary alicyclic amines) is 1. The first-order chi connectivity index (χ1) is 12.2. The Morgan fingerprint density at radius 2 is 2.00 bits per heavy atom. The molecule has 1 amide bonds. The molecule has 0 saturated carbocycles. The van der Waals surface area contributed by atoms with Gasteiger partial charge in [0.1, 0.15) is 5.82 Å². The summed E-state index contributed by atoms with van der Waals surface area (Å²) in [5.41, 5.74) is 1.49. The van der Waals surface area contributed by atoms with Crippen LogP contribution in [0, 0.1) is 23.1 Å². The lowest BCUT2D eigenvalue weighted by atomic mass is 10.1. The molecule has 0 bridgehead atoms. The van der Waals surface area contributed by atoms with Gasteiger partial charge in [0, 0.05) is 25.2 Å². The Balaban J connectivity index is 1.51. The van der Waals surface area contributed by atoms with E-state index in [9.17, 15) is 9.18 Å². The van der Waals surface area contributed by atoms with E-state index in [0.717, 1.165) is 19.5 Å². The van der Waals surface area contributed by atoms with Crippen LogP contribution in [0.25, 0.3) is 0 Å². The van der Waals surface area contributed by atoms with Crippen molar-refractivity contribution in [2.75, 3.05) is 19.6 Å². The van der Waals surface area contributed by atoms with Crippen LogP contribution in [0.2, 0.25) is 0 Å². The maximum absolute atomic E-state index is 13.7. The van der Waals surface area contributed by atoms with Crippen LogP contribution in [0.15, 0.2) is 48.5 Å². The third kappa shape index (κ3) is 4.23. The van der Waals surface area contributed by atoms with E-state index in [1.54, 1.807) is 30.3 Å². The minimum Gasteiger partial charge on any atom is -0.352 e. The molecule has 128 valence electrons. The minimum atomic E-state index is -0.218. The predicted octanol–water partition coefficient (Wildman–Crippen LogP) is 2.95. The summed E-state index contributed by atoms with van der Waals surface area (Å²) in [4.78, 5) is 14.5. The molecule has 1 aliphatic heterocycles. The third-order valence-corrected chi connectivity index (χ3v) is 4.57. The van der Waals surface area contributed by atoms with Crippen molar-refractivity contribution < 1.29 is 9.18 Å². The molecular weight excluding hydrogens is 317 g/mol. The molecule has 0 unspecified atom stereocenters. The summed E-state index contributed by atoms with van der Waals surface area (Å²) in [6, 6.07) is 15.7. The average molecular weight is 337 g/mol. The van der Waals surface area contributed by atoms with Crippen LogP contribution in [-0.4, -0.2) is 30.4 Å². The maximum atomic E-state index is 13.7. The van der Waals surface area contributed by atoms with Crippen molar-refractivity contribution in [3.8, 4) is 6.07 Å². The van der Waals surface area contributed by atoms with E-state index in [0.29, 0.717) is 35.7 Å². The van der Waals surface area contributed by atoms with Crippen LogP contribution < -0.4 is 5.32 Å². The molecule has 1 aliphatic rings. The number of halogens is 1. The number of hydrogen-bond donors (Lipinski definition) is 1. The first-order valence-electron chi connectivity index (χ1n) is 8.40. The third-order valence-electron chi connectivity index (χ3n) is 4.57. The van der Waals surface area contributed by atoms with Gasteiger partial charge in [0.05, 0.1) is 17.2 Å². The highest BCUT2D eigenvalue weighted by Crippen LogP contribution is 2.19. The summed E-state index contributed by atoms with van der Waals surface area (Å²) in [6.45, 7) is 2.87. The van der Waals surface area contributed by atoms with Crippen molar-refractivity contribution in [3.63, 3.8) is 0 Å². The number of amides is 1. The number of nitrogens with one attached hydrogen (secondary N) is 1. The second kappa shape index (κ2) is 7.91. The van der Waals surface area contributed by atoms with Gasteiger partial charge in [-0.05, 0) is 37.1 Å². The lowest BCUT2D eigenvalue weighted by Crippen LogP contribution is -2.31. The van der Waals surface area contributed by atoms with E-state index in [1.165, 1.54) is 6.07 Å². The number of nitrogens with zero attached hydrogens (tertiary/aromatic N) is 2. The summed E-state index contributed by atoms with van der Waals surface area (Å²) >= 11 is 0. The van der Waals surface area contributed by atoms with Crippen molar-refractivity contribution in [3.05, 3.63) is 71.0 Å². The van der Waals surface area contributed by atoms with E-state index < -0.39 is 0 Å². The number of nitriles is 1. The van der Waals surface area contributed by atoms with Gasteiger partial charge in [-0.3, -0.25) is 9.69 Å². The highest BCUT2D eigenvalue weighted by atomic mass is 19.1. The van der Waals surface area contributed by atoms with Crippen LogP contribution in [0.5, 0.6) is 0 Å². The number of carbonyl (C=O) groups is 1. The fourth-order valence-corrected chi connectivity index (χ4v) is 3.20. The predicted molar refractivity (Wildman–Crippen MR) is 93.3 cm³/mol. The molecule has 25 heavy (non-hydrogen) atoms. The van der Waals surface area contributed by atoms with E-state index in [4.69, 9.17) is 5.26 Å². The highest BCUT2D eigenvalue weighted by Gasteiger charge is 2.24. The van der Waals surface area contributed by atoms with Gasteiger partial charge in [-0.15, -0.1) is 0 Å². The van der Waals surface area contributed by atoms with Gasteiger partial charge < -0.3 is 5.32 Å². The molecule has 1 saturated heterocycles. The Labute approximate surface area is 146 Å². The molecule has 3 rings (SSSR count). The summed E-state index contributed by atoms with van der Waals surface area (Å²) < 4.78 is 13.7. The van der Waals surface area contributed by atoms with Crippen LogP contribution >= 0.6 is 0 Å². The first-order valence-corrected chi connectivity index (χ1v) is 8.40.